The van der Waals surface area contributed by atoms with Crippen molar-refractivity contribution in [2.75, 3.05) is 17.2 Å². The van der Waals surface area contributed by atoms with Gasteiger partial charge in [0.05, 0.1) is 30.1 Å². The Morgan fingerprint density at radius 2 is 1.86 bits per heavy atom. The first-order chi connectivity index (χ1) is 17.5. The lowest BCUT2D eigenvalue weighted by molar-refractivity contribution is -0.0830. The van der Waals surface area contributed by atoms with Gasteiger partial charge in [-0.2, -0.15) is 10.2 Å². The van der Waals surface area contributed by atoms with E-state index < -0.39 is 0 Å². The van der Waals surface area contributed by atoms with E-state index in [0.29, 0.717) is 30.2 Å². The first kappa shape index (κ1) is 23.0. The van der Waals surface area contributed by atoms with Crippen molar-refractivity contribution in [1.82, 2.24) is 29.8 Å². The highest BCUT2D eigenvalue weighted by molar-refractivity contribution is 5.89. The molecule has 0 bridgehead atoms. The van der Waals surface area contributed by atoms with Gasteiger partial charge in [-0.15, -0.1) is 0 Å². The molecule has 0 saturated carbocycles. The van der Waals surface area contributed by atoms with Crippen LogP contribution < -0.4 is 10.6 Å². The van der Waals surface area contributed by atoms with Crippen LogP contribution in [0.5, 0.6) is 0 Å². The van der Waals surface area contributed by atoms with Crippen molar-refractivity contribution in [1.29, 1.82) is 0 Å². The van der Waals surface area contributed by atoms with E-state index in [9.17, 15) is 4.79 Å². The number of pyridine rings is 1. The molecule has 0 radical (unpaired) electrons. The molecule has 2 N–H and O–H groups in total. The predicted molar refractivity (Wildman–Crippen MR) is 134 cm³/mol. The van der Waals surface area contributed by atoms with Gasteiger partial charge in [0.25, 0.3) is 0 Å². The molecule has 2 amide bonds. The molecule has 10 heteroatoms. The number of urea groups is 1. The number of hydrogen-bond donors (Lipinski definition) is 2. The fourth-order valence-electron chi connectivity index (χ4n) is 3.72. The van der Waals surface area contributed by atoms with Crippen molar-refractivity contribution in [3.8, 4) is 11.8 Å². The van der Waals surface area contributed by atoms with Crippen LogP contribution in [0.3, 0.4) is 0 Å². The number of anilines is 3. The zero-order chi connectivity index (χ0) is 24.9. The average Bonchev–Trinajstić information content (AvgIpc) is 3.54. The summed E-state index contributed by atoms with van der Waals surface area (Å²) >= 11 is 0. The van der Waals surface area contributed by atoms with Crippen LogP contribution in [0.4, 0.5) is 22.1 Å². The molecule has 180 valence electrons. The Morgan fingerprint density at radius 1 is 1.03 bits per heavy atom. The zero-order valence-corrected chi connectivity index (χ0v) is 19.8. The molecule has 1 aliphatic heterocycles. The number of aryl methyl sites for hydroxylation is 2. The molecule has 0 unspecified atom stereocenters. The molecule has 0 spiro atoms. The summed E-state index contributed by atoms with van der Waals surface area (Å²) in [7, 11) is 1.84. The molecule has 1 aromatic carbocycles. The number of aromatic nitrogens is 5. The highest BCUT2D eigenvalue weighted by Crippen LogP contribution is 2.30. The molecule has 1 atom stereocenters. The minimum Gasteiger partial charge on any atom is -0.321 e. The van der Waals surface area contributed by atoms with Gasteiger partial charge < -0.3 is 10.6 Å². The third-order valence-electron chi connectivity index (χ3n) is 5.50. The van der Waals surface area contributed by atoms with Crippen LogP contribution in [-0.2, 0) is 11.9 Å². The molecule has 5 rings (SSSR count). The van der Waals surface area contributed by atoms with Crippen molar-refractivity contribution >= 4 is 23.4 Å². The van der Waals surface area contributed by atoms with E-state index in [0.717, 1.165) is 22.5 Å². The number of nitrogens with zero attached hydrogens (tertiary/aromatic N) is 6. The van der Waals surface area contributed by atoms with Crippen molar-refractivity contribution < 1.29 is 9.63 Å². The number of carbonyl (C=O) groups is 1. The molecule has 4 aromatic rings. The van der Waals surface area contributed by atoms with Crippen molar-refractivity contribution in [3.63, 3.8) is 0 Å². The van der Waals surface area contributed by atoms with Crippen LogP contribution >= 0.6 is 0 Å². The maximum Gasteiger partial charge on any atom is 0.346 e. The summed E-state index contributed by atoms with van der Waals surface area (Å²) in [5.41, 5.74) is 4.70. The smallest absolute Gasteiger partial charge is 0.321 e. The fraction of sp³-hybridized carbons (Fsp3) is 0.192. The number of nitrogens with one attached hydrogen (secondary N) is 2. The summed E-state index contributed by atoms with van der Waals surface area (Å²) in [6, 6.07) is 10.7. The summed E-state index contributed by atoms with van der Waals surface area (Å²) in [4.78, 5) is 31.5. The van der Waals surface area contributed by atoms with E-state index in [4.69, 9.17) is 4.84 Å². The molecule has 1 aliphatic rings. The zero-order valence-electron chi connectivity index (χ0n) is 19.8. The van der Waals surface area contributed by atoms with Crippen molar-refractivity contribution in [2.45, 2.75) is 19.4 Å². The second-order valence-electron chi connectivity index (χ2n) is 8.28. The normalized spacial score (nSPS) is 14.7. The summed E-state index contributed by atoms with van der Waals surface area (Å²) in [6.07, 6.45) is 9.32. The highest BCUT2D eigenvalue weighted by atomic mass is 16.7. The van der Waals surface area contributed by atoms with Gasteiger partial charge >= 0.3 is 6.03 Å². The quantitative estimate of drug-likeness (QED) is 0.425. The van der Waals surface area contributed by atoms with Gasteiger partial charge in [-0.1, -0.05) is 24.0 Å². The Morgan fingerprint density at radius 3 is 2.61 bits per heavy atom. The maximum absolute atomic E-state index is 12.9. The Labute approximate surface area is 208 Å². The first-order valence-electron chi connectivity index (χ1n) is 11.4. The topological polar surface area (TPSA) is 110 Å². The first-order valence-corrected chi connectivity index (χ1v) is 11.4. The van der Waals surface area contributed by atoms with Gasteiger partial charge in [0, 0.05) is 55.2 Å². The summed E-state index contributed by atoms with van der Waals surface area (Å²) in [5, 5.41) is 11.5. The van der Waals surface area contributed by atoms with Gasteiger partial charge in [0.15, 0.2) is 0 Å². The lowest BCUT2D eigenvalue weighted by atomic mass is 10.1. The van der Waals surface area contributed by atoms with Gasteiger partial charge in [0.1, 0.15) is 0 Å². The summed E-state index contributed by atoms with van der Waals surface area (Å²) in [5.74, 6) is 6.60. The standard InChI is InChI=1S/C26H24N8O2/c1-18-6-9-21(15-27-18)24-10-11-36-34(24)26(35)32-22-5-3-4-19(12-22)7-8-20-13-28-25(29-14-20)31-23-16-30-33(2)17-23/h3-6,9,12-17,24H,10-11H2,1-2H3,(H,32,35)(H,28,29,31)/t24-/m0/s1. The van der Waals surface area contributed by atoms with Crippen LogP contribution in [-0.4, -0.2) is 42.4 Å². The van der Waals surface area contributed by atoms with Gasteiger partial charge in [-0.25, -0.2) is 14.8 Å². The van der Waals surface area contributed by atoms with E-state index in [1.54, 1.807) is 29.5 Å². The predicted octanol–water partition coefficient (Wildman–Crippen LogP) is 3.97. The van der Waals surface area contributed by atoms with Gasteiger partial charge in [-0.05, 0) is 36.8 Å². The molecule has 10 nitrogen and oxygen atoms in total. The second kappa shape index (κ2) is 10.2. The largest absolute Gasteiger partial charge is 0.346 e. The highest BCUT2D eigenvalue weighted by Gasteiger charge is 2.32. The lowest BCUT2D eigenvalue weighted by Gasteiger charge is -2.23. The number of amides is 2. The van der Waals surface area contributed by atoms with E-state index in [2.05, 4.69) is 42.5 Å². The van der Waals surface area contributed by atoms with E-state index >= 15 is 0 Å². The van der Waals surface area contributed by atoms with Crippen LogP contribution in [0.1, 0.15) is 34.8 Å². The van der Waals surface area contributed by atoms with Crippen LogP contribution in [0.15, 0.2) is 67.4 Å². The second-order valence-corrected chi connectivity index (χ2v) is 8.28. The van der Waals surface area contributed by atoms with Gasteiger partial charge in [0.2, 0.25) is 5.95 Å². The van der Waals surface area contributed by atoms with E-state index in [-0.39, 0.29) is 12.1 Å². The Kier molecular flexibility index (Phi) is 6.55. The average molecular weight is 481 g/mol. The molecule has 1 saturated heterocycles. The third-order valence-corrected chi connectivity index (χ3v) is 5.50. The molecular weight excluding hydrogens is 456 g/mol. The molecule has 1 fully saturated rings. The van der Waals surface area contributed by atoms with E-state index in [1.807, 2.05) is 56.6 Å². The maximum atomic E-state index is 12.9. The Balaban J connectivity index is 1.23. The number of hydroxylamine groups is 2. The molecule has 0 aliphatic carbocycles. The number of hydrogen-bond acceptors (Lipinski definition) is 7. The fourth-order valence-corrected chi connectivity index (χ4v) is 3.72. The molecule has 36 heavy (non-hydrogen) atoms. The number of benzene rings is 1. The number of carbonyl (C=O) groups excluding carboxylic acids is 1. The molecule has 4 heterocycles. The monoisotopic (exact) mass is 480 g/mol. The Hall–Kier alpha value is -4.75. The Bertz CT molecular complexity index is 1420. The number of rotatable bonds is 4. The minimum atomic E-state index is -0.340. The molecule has 3 aromatic heterocycles. The molecular formula is C26H24N8O2. The van der Waals surface area contributed by atoms with Crippen molar-refractivity contribution in [2.24, 2.45) is 7.05 Å². The van der Waals surface area contributed by atoms with Gasteiger partial charge in [-0.3, -0.25) is 14.5 Å². The summed E-state index contributed by atoms with van der Waals surface area (Å²) < 4.78 is 1.69. The van der Waals surface area contributed by atoms with Crippen LogP contribution in [0, 0.1) is 18.8 Å². The lowest BCUT2D eigenvalue weighted by Crippen LogP contribution is -2.33. The third kappa shape index (κ3) is 5.48. The van der Waals surface area contributed by atoms with Crippen LogP contribution in [0.2, 0.25) is 0 Å². The SMILES string of the molecule is Cc1ccc([C@@H]2CCON2C(=O)Nc2cccc(C#Cc3cnc(Nc4cnn(C)c4)nc3)c2)cn1. The van der Waals surface area contributed by atoms with Crippen LogP contribution in [0.25, 0.3) is 0 Å². The summed E-state index contributed by atoms with van der Waals surface area (Å²) in [6.45, 7) is 2.40. The van der Waals surface area contributed by atoms with Crippen molar-refractivity contribution in [3.05, 3.63) is 89.8 Å². The van der Waals surface area contributed by atoms with E-state index in [1.165, 1.54) is 5.06 Å². The minimum absolute atomic E-state index is 0.184.